The number of carbonyl (C=O) groups is 1. The van der Waals surface area contributed by atoms with Gasteiger partial charge in [0.25, 0.3) is 5.91 Å². The van der Waals surface area contributed by atoms with Gasteiger partial charge in [-0.2, -0.15) is 18.4 Å². The Morgan fingerprint density at radius 3 is 2.51 bits per heavy atom. The van der Waals surface area contributed by atoms with E-state index in [2.05, 4.69) is 0 Å². The lowest BCUT2D eigenvalue weighted by atomic mass is 9.71. The molecule has 0 aromatic heterocycles. The lowest BCUT2D eigenvalue weighted by Gasteiger charge is -2.43. The van der Waals surface area contributed by atoms with Crippen molar-refractivity contribution in [1.82, 2.24) is 4.90 Å². The van der Waals surface area contributed by atoms with E-state index in [0.29, 0.717) is 62.4 Å². The summed E-state index contributed by atoms with van der Waals surface area (Å²) in [5, 5.41) is 9.05. The second-order valence-corrected chi connectivity index (χ2v) is 9.49. The molecule has 1 atom stereocenters. The fraction of sp³-hybridized carbons (Fsp3) is 0.462. The van der Waals surface area contributed by atoms with Crippen molar-refractivity contribution in [3.8, 4) is 6.07 Å². The van der Waals surface area contributed by atoms with Crippen molar-refractivity contribution in [2.45, 2.75) is 25.9 Å². The van der Waals surface area contributed by atoms with Crippen molar-refractivity contribution in [1.29, 1.82) is 5.26 Å². The minimum absolute atomic E-state index is 0.0700. The third-order valence-electron chi connectivity index (χ3n) is 7.44. The first kappa shape index (κ1) is 25.0. The van der Waals surface area contributed by atoms with Gasteiger partial charge in [-0.15, -0.1) is 0 Å². The Kier molecular flexibility index (Phi) is 6.78. The highest BCUT2D eigenvalue weighted by Crippen LogP contribution is 2.46. The third kappa shape index (κ3) is 4.85. The summed E-state index contributed by atoms with van der Waals surface area (Å²) >= 11 is 0. The van der Waals surface area contributed by atoms with Gasteiger partial charge in [0.1, 0.15) is 5.82 Å². The predicted octanol–water partition coefficient (Wildman–Crippen LogP) is 5.03. The summed E-state index contributed by atoms with van der Waals surface area (Å²) in [6.07, 6.45) is -3.26. The van der Waals surface area contributed by atoms with E-state index in [-0.39, 0.29) is 17.2 Å². The SMILES string of the molecule is COCC1CN(C(=O)c2ccc(C)c(F)c2)CC12CCN(c1ccc(C#N)c(C(F)(F)F)c1)CC2. The first-order chi connectivity index (χ1) is 16.6. The average Bonchev–Trinajstić information content (AvgIpc) is 3.17. The van der Waals surface area contributed by atoms with Gasteiger partial charge in [0.15, 0.2) is 0 Å². The number of benzene rings is 2. The van der Waals surface area contributed by atoms with E-state index in [9.17, 15) is 22.4 Å². The van der Waals surface area contributed by atoms with Crippen LogP contribution in [0.15, 0.2) is 36.4 Å². The number of piperidine rings is 1. The second-order valence-electron chi connectivity index (χ2n) is 9.49. The van der Waals surface area contributed by atoms with Crippen molar-refractivity contribution >= 4 is 11.6 Å². The maximum absolute atomic E-state index is 14.0. The zero-order chi connectivity index (χ0) is 25.4. The monoisotopic (exact) mass is 489 g/mol. The van der Waals surface area contributed by atoms with E-state index in [4.69, 9.17) is 10.00 Å². The molecule has 1 spiro atoms. The van der Waals surface area contributed by atoms with E-state index in [1.807, 2.05) is 4.90 Å². The number of nitrogens with zero attached hydrogens (tertiary/aromatic N) is 3. The van der Waals surface area contributed by atoms with Gasteiger partial charge >= 0.3 is 6.18 Å². The molecule has 0 N–H and O–H groups in total. The maximum atomic E-state index is 14.0. The molecule has 1 unspecified atom stereocenters. The van der Waals surface area contributed by atoms with Crippen LogP contribution < -0.4 is 4.90 Å². The molecule has 2 fully saturated rings. The summed E-state index contributed by atoms with van der Waals surface area (Å²) in [7, 11) is 1.61. The Bertz CT molecular complexity index is 1150. The van der Waals surface area contributed by atoms with Crippen molar-refractivity contribution in [2.75, 3.05) is 44.8 Å². The van der Waals surface area contributed by atoms with Crippen molar-refractivity contribution in [3.05, 3.63) is 64.5 Å². The molecule has 0 aliphatic carbocycles. The summed E-state index contributed by atoms with van der Waals surface area (Å²) in [6, 6.07) is 9.90. The van der Waals surface area contributed by atoms with Crippen LogP contribution >= 0.6 is 0 Å². The first-order valence-electron chi connectivity index (χ1n) is 11.5. The van der Waals surface area contributed by atoms with E-state index < -0.39 is 23.1 Å². The highest BCUT2D eigenvalue weighted by atomic mass is 19.4. The fourth-order valence-corrected chi connectivity index (χ4v) is 5.36. The number of aryl methyl sites for hydroxylation is 1. The van der Waals surface area contributed by atoms with Gasteiger partial charge in [0, 0.05) is 50.5 Å². The van der Waals surface area contributed by atoms with Gasteiger partial charge in [-0.05, 0) is 61.1 Å². The molecule has 2 saturated heterocycles. The predicted molar refractivity (Wildman–Crippen MR) is 122 cm³/mol. The van der Waals surface area contributed by atoms with Crippen LogP contribution in [-0.2, 0) is 10.9 Å². The number of ether oxygens (including phenoxy) is 1. The van der Waals surface area contributed by atoms with Crippen molar-refractivity contribution in [2.24, 2.45) is 11.3 Å². The van der Waals surface area contributed by atoms with Crippen LogP contribution in [0.25, 0.3) is 0 Å². The van der Waals surface area contributed by atoms with Crippen LogP contribution in [-0.4, -0.2) is 50.7 Å². The van der Waals surface area contributed by atoms with Gasteiger partial charge < -0.3 is 14.5 Å². The number of likely N-dealkylation sites (tertiary alicyclic amines) is 1. The number of halogens is 4. The zero-order valence-corrected chi connectivity index (χ0v) is 19.7. The Hall–Kier alpha value is -3.12. The molecule has 2 aliphatic heterocycles. The van der Waals surface area contributed by atoms with E-state index in [1.165, 1.54) is 12.1 Å². The molecule has 0 radical (unpaired) electrons. The number of rotatable bonds is 4. The van der Waals surface area contributed by atoms with Gasteiger partial charge in [-0.3, -0.25) is 4.79 Å². The average molecular weight is 490 g/mol. The highest BCUT2D eigenvalue weighted by molar-refractivity contribution is 5.94. The molecule has 1 amide bonds. The molecule has 5 nitrogen and oxygen atoms in total. The summed E-state index contributed by atoms with van der Waals surface area (Å²) in [5.41, 5.74) is -0.359. The molecule has 2 aromatic carbocycles. The molecule has 0 bridgehead atoms. The fourth-order valence-electron chi connectivity index (χ4n) is 5.36. The lowest BCUT2D eigenvalue weighted by Crippen LogP contribution is -2.45. The molecular formula is C26H27F4N3O2. The van der Waals surface area contributed by atoms with E-state index in [0.717, 1.165) is 6.07 Å². The van der Waals surface area contributed by atoms with Crippen molar-refractivity contribution in [3.63, 3.8) is 0 Å². The quantitative estimate of drug-likeness (QED) is 0.566. The summed E-state index contributed by atoms with van der Waals surface area (Å²) < 4.78 is 59.7. The number of methoxy groups -OCH3 is 1. The maximum Gasteiger partial charge on any atom is 0.417 e. The largest absolute Gasteiger partial charge is 0.417 e. The number of hydrogen-bond donors (Lipinski definition) is 0. The standard InChI is InChI=1S/C26H27F4N3O2/c1-17-3-4-18(11-23(17)27)24(34)33-14-20(15-35-2)25(16-33)7-9-32(10-8-25)21-6-5-19(13-31)22(12-21)26(28,29)30/h3-6,11-12,20H,7-10,14-16H2,1-2H3. The van der Waals surface area contributed by atoms with Crippen LogP contribution in [0.2, 0.25) is 0 Å². The molecule has 35 heavy (non-hydrogen) atoms. The van der Waals surface area contributed by atoms with Crippen LogP contribution in [0.5, 0.6) is 0 Å². The van der Waals surface area contributed by atoms with Crippen LogP contribution in [0.1, 0.15) is 39.9 Å². The number of carbonyl (C=O) groups excluding carboxylic acids is 1. The molecule has 9 heteroatoms. The van der Waals surface area contributed by atoms with Crippen LogP contribution in [0, 0.1) is 35.4 Å². The number of hydrogen-bond acceptors (Lipinski definition) is 4. The van der Waals surface area contributed by atoms with Gasteiger partial charge in [-0.1, -0.05) is 6.07 Å². The number of amides is 1. The topological polar surface area (TPSA) is 56.6 Å². The Morgan fingerprint density at radius 1 is 1.20 bits per heavy atom. The van der Waals surface area contributed by atoms with Gasteiger partial charge in [0.05, 0.1) is 23.8 Å². The number of nitriles is 1. The minimum Gasteiger partial charge on any atom is -0.384 e. The Labute approximate surface area is 201 Å². The van der Waals surface area contributed by atoms with Gasteiger partial charge in [-0.25, -0.2) is 4.39 Å². The van der Waals surface area contributed by atoms with Crippen LogP contribution in [0.4, 0.5) is 23.2 Å². The Balaban J connectivity index is 1.52. The lowest BCUT2D eigenvalue weighted by molar-refractivity contribution is -0.137. The van der Waals surface area contributed by atoms with E-state index >= 15 is 0 Å². The Morgan fingerprint density at radius 2 is 1.91 bits per heavy atom. The summed E-state index contributed by atoms with van der Waals surface area (Å²) in [4.78, 5) is 16.8. The number of alkyl halides is 3. The summed E-state index contributed by atoms with van der Waals surface area (Å²) in [6.45, 7) is 4.11. The second kappa shape index (κ2) is 9.50. The molecule has 2 aromatic rings. The minimum atomic E-state index is -4.61. The van der Waals surface area contributed by atoms with Crippen LogP contribution in [0.3, 0.4) is 0 Å². The zero-order valence-electron chi connectivity index (χ0n) is 19.7. The third-order valence-corrected chi connectivity index (χ3v) is 7.44. The normalized spacial score (nSPS) is 19.7. The number of anilines is 1. The molecule has 0 saturated carbocycles. The molecule has 4 rings (SSSR count). The van der Waals surface area contributed by atoms with E-state index in [1.54, 1.807) is 43.2 Å². The molecular weight excluding hydrogens is 462 g/mol. The molecule has 2 heterocycles. The van der Waals surface area contributed by atoms with Gasteiger partial charge in [0.2, 0.25) is 0 Å². The molecule has 2 aliphatic rings. The van der Waals surface area contributed by atoms with Crippen molar-refractivity contribution < 1.29 is 27.1 Å². The first-order valence-corrected chi connectivity index (χ1v) is 11.5. The highest BCUT2D eigenvalue weighted by Gasteiger charge is 2.49. The summed E-state index contributed by atoms with van der Waals surface area (Å²) in [5.74, 6) is -0.584. The smallest absolute Gasteiger partial charge is 0.384 e. The molecule has 186 valence electrons.